The maximum atomic E-state index is 12.2. The molecule has 1 aromatic heterocycles. The fourth-order valence-corrected chi connectivity index (χ4v) is 1.98. The van der Waals surface area contributed by atoms with Crippen LogP contribution >= 0.6 is 11.8 Å². The monoisotopic (exact) mass is 298 g/mol. The number of hydrogen-bond acceptors (Lipinski definition) is 6. The molecule has 1 aromatic carbocycles. The van der Waals surface area contributed by atoms with Gasteiger partial charge < -0.3 is 10.5 Å². The van der Waals surface area contributed by atoms with Crippen LogP contribution in [0.15, 0.2) is 29.2 Å². The number of anilines is 1. The van der Waals surface area contributed by atoms with Crippen LogP contribution in [0.25, 0.3) is 11.4 Å². The van der Waals surface area contributed by atoms with Crippen LogP contribution in [0.3, 0.4) is 0 Å². The summed E-state index contributed by atoms with van der Waals surface area (Å²) in [7, 11) is 0. The molecule has 0 atom stereocenters. The molecule has 0 radical (unpaired) electrons. The lowest BCUT2D eigenvalue weighted by Gasteiger charge is -2.06. The SMILES string of the molecule is CCOc1nc(N)nc(-c2ccc(SC(F)F)cc2)n1. The molecule has 20 heavy (non-hydrogen) atoms. The summed E-state index contributed by atoms with van der Waals surface area (Å²) in [6.45, 7) is 2.21. The Balaban J connectivity index is 2.26. The molecule has 0 aliphatic carbocycles. The van der Waals surface area contributed by atoms with Gasteiger partial charge in [-0.05, 0) is 19.1 Å². The molecule has 0 spiro atoms. The molecule has 0 amide bonds. The maximum Gasteiger partial charge on any atom is 0.321 e. The Hall–Kier alpha value is -1.96. The first-order chi connectivity index (χ1) is 9.58. The molecule has 2 aromatic rings. The molecule has 0 fully saturated rings. The van der Waals surface area contributed by atoms with Gasteiger partial charge in [0.15, 0.2) is 5.82 Å². The van der Waals surface area contributed by atoms with E-state index in [-0.39, 0.29) is 12.0 Å². The van der Waals surface area contributed by atoms with E-state index in [1.807, 2.05) is 0 Å². The zero-order valence-electron chi connectivity index (χ0n) is 10.6. The Morgan fingerprint density at radius 3 is 2.50 bits per heavy atom. The quantitative estimate of drug-likeness (QED) is 0.856. The molecule has 0 bridgehead atoms. The molecular formula is C12H12F2N4OS. The Bertz CT molecular complexity index is 580. The van der Waals surface area contributed by atoms with Gasteiger partial charge in [-0.3, -0.25) is 0 Å². The van der Waals surface area contributed by atoms with E-state index in [0.717, 1.165) is 0 Å². The van der Waals surface area contributed by atoms with Gasteiger partial charge in [0.05, 0.1) is 6.61 Å². The molecule has 0 aliphatic rings. The summed E-state index contributed by atoms with van der Waals surface area (Å²) in [4.78, 5) is 12.4. The lowest BCUT2D eigenvalue weighted by molar-refractivity contribution is 0.252. The molecule has 106 valence electrons. The number of benzene rings is 1. The second kappa shape index (κ2) is 6.47. The normalized spacial score (nSPS) is 10.8. The van der Waals surface area contributed by atoms with Crippen molar-refractivity contribution in [1.82, 2.24) is 15.0 Å². The maximum absolute atomic E-state index is 12.2. The minimum Gasteiger partial charge on any atom is -0.464 e. The number of nitrogens with two attached hydrogens (primary N) is 1. The third-order valence-electron chi connectivity index (χ3n) is 2.24. The third kappa shape index (κ3) is 3.77. The summed E-state index contributed by atoms with van der Waals surface area (Å²) in [5, 5.41) is 0. The van der Waals surface area contributed by atoms with Crippen molar-refractivity contribution >= 4 is 17.7 Å². The number of thioether (sulfide) groups is 1. The van der Waals surface area contributed by atoms with E-state index in [1.165, 1.54) is 0 Å². The molecule has 8 heteroatoms. The first kappa shape index (κ1) is 14.4. The summed E-state index contributed by atoms with van der Waals surface area (Å²) in [6, 6.07) is 6.59. The van der Waals surface area contributed by atoms with Crippen LogP contribution in [-0.2, 0) is 0 Å². The molecule has 1 heterocycles. The van der Waals surface area contributed by atoms with Crippen molar-refractivity contribution in [1.29, 1.82) is 0 Å². The summed E-state index contributed by atoms with van der Waals surface area (Å²) in [5.41, 5.74) is 6.23. The van der Waals surface area contributed by atoms with Crippen molar-refractivity contribution in [3.63, 3.8) is 0 Å². The predicted octanol–water partition coefficient (Wildman–Crippen LogP) is 2.83. The standard InChI is InChI=1S/C12H12F2N4OS/c1-2-19-12-17-9(16-11(15)18-12)7-3-5-8(6-4-7)20-10(13)14/h3-6,10H,2H2,1H3,(H2,15,16,17,18). The number of alkyl halides is 2. The van der Waals surface area contributed by atoms with Crippen molar-refractivity contribution < 1.29 is 13.5 Å². The Morgan fingerprint density at radius 1 is 1.20 bits per heavy atom. The lowest BCUT2D eigenvalue weighted by Crippen LogP contribution is -2.04. The molecule has 0 unspecified atom stereocenters. The zero-order chi connectivity index (χ0) is 14.5. The van der Waals surface area contributed by atoms with Crippen molar-refractivity contribution in [3.05, 3.63) is 24.3 Å². The average molecular weight is 298 g/mol. The third-order valence-corrected chi connectivity index (χ3v) is 2.97. The number of hydrogen-bond donors (Lipinski definition) is 1. The molecule has 2 N–H and O–H groups in total. The van der Waals surface area contributed by atoms with Gasteiger partial charge in [0.25, 0.3) is 5.76 Å². The van der Waals surface area contributed by atoms with Crippen LogP contribution in [0.5, 0.6) is 6.01 Å². The number of aromatic nitrogens is 3. The van der Waals surface area contributed by atoms with Crippen molar-refractivity contribution in [3.8, 4) is 17.4 Å². The Labute approximate surface area is 118 Å². The van der Waals surface area contributed by atoms with Gasteiger partial charge in [-0.2, -0.15) is 23.7 Å². The van der Waals surface area contributed by atoms with E-state index in [4.69, 9.17) is 10.5 Å². The second-order valence-corrected chi connectivity index (χ2v) is 4.70. The van der Waals surface area contributed by atoms with Crippen LogP contribution in [-0.4, -0.2) is 27.3 Å². The summed E-state index contributed by atoms with van der Waals surface area (Å²) >= 11 is 0.481. The van der Waals surface area contributed by atoms with E-state index in [9.17, 15) is 8.78 Å². The molecule has 0 aliphatic heterocycles. The van der Waals surface area contributed by atoms with E-state index in [0.29, 0.717) is 34.7 Å². The topological polar surface area (TPSA) is 73.9 Å². The van der Waals surface area contributed by atoms with Crippen LogP contribution in [0.1, 0.15) is 6.92 Å². The molecular weight excluding hydrogens is 286 g/mol. The molecule has 0 saturated heterocycles. The average Bonchev–Trinajstić information content (AvgIpc) is 2.38. The van der Waals surface area contributed by atoms with Gasteiger partial charge in [0.1, 0.15) is 0 Å². The summed E-state index contributed by atoms with van der Waals surface area (Å²) < 4.78 is 29.6. The first-order valence-electron chi connectivity index (χ1n) is 5.78. The lowest BCUT2D eigenvalue weighted by atomic mass is 10.2. The van der Waals surface area contributed by atoms with Crippen LogP contribution < -0.4 is 10.5 Å². The van der Waals surface area contributed by atoms with Gasteiger partial charge in [-0.15, -0.1) is 0 Å². The second-order valence-electron chi connectivity index (χ2n) is 3.64. The van der Waals surface area contributed by atoms with Crippen molar-refractivity contribution in [2.75, 3.05) is 12.3 Å². The number of halogens is 2. The summed E-state index contributed by atoms with van der Waals surface area (Å²) in [6.07, 6.45) is 0. The fraction of sp³-hybridized carbons (Fsp3) is 0.250. The highest BCUT2D eigenvalue weighted by molar-refractivity contribution is 7.99. The smallest absolute Gasteiger partial charge is 0.321 e. The summed E-state index contributed by atoms with van der Waals surface area (Å²) in [5.74, 6) is -2.06. The van der Waals surface area contributed by atoms with Crippen LogP contribution in [0.4, 0.5) is 14.7 Å². The van der Waals surface area contributed by atoms with E-state index in [1.54, 1.807) is 31.2 Å². The van der Waals surface area contributed by atoms with Crippen molar-refractivity contribution in [2.45, 2.75) is 17.6 Å². The van der Waals surface area contributed by atoms with E-state index in [2.05, 4.69) is 15.0 Å². The highest BCUT2D eigenvalue weighted by Gasteiger charge is 2.09. The van der Waals surface area contributed by atoms with Crippen LogP contribution in [0.2, 0.25) is 0 Å². The first-order valence-corrected chi connectivity index (χ1v) is 6.66. The Kier molecular flexibility index (Phi) is 4.67. The van der Waals surface area contributed by atoms with E-state index >= 15 is 0 Å². The minimum atomic E-state index is -2.45. The predicted molar refractivity (Wildman–Crippen MR) is 72.7 cm³/mol. The zero-order valence-corrected chi connectivity index (χ0v) is 11.4. The largest absolute Gasteiger partial charge is 0.464 e. The number of nitrogens with zero attached hydrogens (tertiary/aromatic N) is 3. The van der Waals surface area contributed by atoms with Gasteiger partial charge in [0, 0.05) is 10.5 Å². The van der Waals surface area contributed by atoms with E-state index < -0.39 is 5.76 Å². The van der Waals surface area contributed by atoms with Gasteiger partial charge in [-0.25, -0.2) is 0 Å². The highest BCUT2D eigenvalue weighted by Crippen LogP contribution is 2.27. The highest BCUT2D eigenvalue weighted by atomic mass is 32.2. The van der Waals surface area contributed by atoms with Crippen LogP contribution in [0, 0.1) is 0 Å². The van der Waals surface area contributed by atoms with Gasteiger partial charge >= 0.3 is 6.01 Å². The number of rotatable bonds is 5. The van der Waals surface area contributed by atoms with Gasteiger partial charge in [-0.1, -0.05) is 23.9 Å². The molecule has 0 saturated carbocycles. The fourth-order valence-electron chi connectivity index (χ4n) is 1.48. The number of ether oxygens (including phenoxy) is 1. The number of nitrogen functional groups attached to an aromatic ring is 1. The van der Waals surface area contributed by atoms with Crippen molar-refractivity contribution in [2.24, 2.45) is 0 Å². The van der Waals surface area contributed by atoms with Gasteiger partial charge in [0.2, 0.25) is 5.95 Å². The minimum absolute atomic E-state index is 0.0458. The molecule has 2 rings (SSSR count). The molecule has 5 nitrogen and oxygen atoms in total. The Morgan fingerprint density at radius 2 is 1.90 bits per heavy atom.